The molecule has 0 amide bonds. The van der Waals surface area contributed by atoms with E-state index >= 15 is 0 Å². The lowest BCUT2D eigenvalue weighted by atomic mass is 10.3. The average molecular weight is 234 g/mol. The number of rotatable bonds is 2. The highest BCUT2D eigenvalue weighted by molar-refractivity contribution is 5.77. The normalized spacial score (nSPS) is 20.4. The van der Waals surface area contributed by atoms with Crippen LogP contribution in [0.15, 0.2) is 18.2 Å². The van der Waals surface area contributed by atoms with E-state index in [2.05, 4.69) is 20.2 Å². The van der Waals surface area contributed by atoms with Crippen molar-refractivity contribution < 1.29 is 4.39 Å². The summed E-state index contributed by atoms with van der Waals surface area (Å²) < 4.78 is 13.1. The summed E-state index contributed by atoms with van der Waals surface area (Å²) in [6.07, 6.45) is 1.11. The zero-order chi connectivity index (χ0) is 11.8. The third-order valence-corrected chi connectivity index (χ3v) is 3.33. The molecule has 0 spiro atoms. The van der Waals surface area contributed by atoms with E-state index in [1.54, 1.807) is 6.07 Å². The first kappa shape index (κ1) is 10.5. The second kappa shape index (κ2) is 4.00. The van der Waals surface area contributed by atoms with Gasteiger partial charge in [-0.1, -0.05) is 0 Å². The Hall–Kier alpha value is -1.62. The maximum atomic E-state index is 13.1. The Morgan fingerprint density at radius 2 is 2.41 bits per heavy atom. The molecule has 2 aromatic rings. The predicted octanol–water partition coefficient (Wildman–Crippen LogP) is 1.50. The van der Waals surface area contributed by atoms with Gasteiger partial charge < -0.3 is 15.2 Å². The molecule has 17 heavy (non-hydrogen) atoms. The molecule has 0 saturated carbocycles. The van der Waals surface area contributed by atoms with Crippen LogP contribution in [-0.4, -0.2) is 36.1 Å². The van der Waals surface area contributed by atoms with Gasteiger partial charge in [0, 0.05) is 19.1 Å². The van der Waals surface area contributed by atoms with E-state index in [-0.39, 0.29) is 5.82 Å². The summed E-state index contributed by atoms with van der Waals surface area (Å²) in [7, 11) is 1.97. The molecule has 5 heteroatoms. The van der Waals surface area contributed by atoms with Crippen LogP contribution in [0.4, 0.5) is 10.3 Å². The van der Waals surface area contributed by atoms with Gasteiger partial charge in [0.1, 0.15) is 5.82 Å². The highest BCUT2D eigenvalue weighted by Gasteiger charge is 2.23. The van der Waals surface area contributed by atoms with Gasteiger partial charge in [0.05, 0.1) is 11.0 Å². The van der Waals surface area contributed by atoms with Gasteiger partial charge in [-0.25, -0.2) is 9.37 Å². The number of nitrogens with one attached hydrogen (secondary N) is 2. The predicted molar refractivity (Wildman–Crippen MR) is 65.7 cm³/mol. The number of benzene rings is 1. The quantitative estimate of drug-likeness (QED) is 0.827. The van der Waals surface area contributed by atoms with Crippen LogP contribution < -0.4 is 10.2 Å². The Morgan fingerprint density at radius 1 is 1.53 bits per heavy atom. The highest BCUT2D eigenvalue weighted by atomic mass is 19.1. The van der Waals surface area contributed by atoms with Gasteiger partial charge in [-0.3, -0.25) is 0 Å². The molecular formula is C12H15FN4. The fraction of sp³-hybridized carbons (Fsp3) is 0.417. The van der Waals surface area contributed by atoms with Gasteiger partial charge in [-0.15, -0.1) is 0 Å². The molecule has 1 unspecified atom stereocenters. The van der Waals surface area contributed by atoms with E-state index < -0.39 is 0 Å². The number of aromatic amines is 1. The number of aromatic nitrogens is 2. The van der Waals surface area contributed by atoms with Crippen LogP contribution in [0.1, 0.15) is 6.42 Å². The molecular weight excluding hydrogens is 219 g/mol. The molecule has 1 saturated heterocycles. The summed E-state index contributed by atoms with van der Waals surface area (Å²) in [5.74, 6) is 0.602. The fourth-order valence-corrected chi connectivity index (χ4v) is 2.31. The van der Waals surface area contributed by atoms with Crippen LogP contribution in [-0.2, 0) is 0 Å². The Bertz CT molecular complexity index is 536. The molecule has 1 aromatic carbocycles. The Morgan fingerprint density at radius 3 is 3.18 bits per heavy atom. The largest absolute Gasteiger partial charge is 0.341 e. The van der Waals surface area contributed by atoms with E-state index in [4.69, 9.17) is 0 Å². The van der Waals surface area contributed by atoms with Crippen LogP contribution in [0.25, 0.3) is 11.0 Å². The number of likely N-dealkylation sites (N-methyl/N-ethyl adjacent to an activating group) is 1. The number of halogens is 1. The fourth-order valence-electron chi connectivity index (χ4n) is 2.31. The monoisotopic (exact) mass is 234 g/mol. The van der Waals surface area contributed by atoms with Gasteiger partial charge >= 0.3 is 0 Å². The molecule has 1 fully saturated rings. The molecule has 0 bridgehead atoms. The molecule has 90 valence electrons. The van der Waals surface area contributed by atoms with Crippen LogP contribution in [0.5, 0.6) is 0 Å². The maximum absolute atomic E-state index is 13.1. The van der Waals surface area contributed by atoms with Crippen molar-refractivity contribution >= 4 is 17.0 Å². The molecule has 1 aromatic heterocycles. The summed E-state index contributed by atoms with van der Waals surface area (Å²) in [5, 5.41) is 3.26. The van der Waals surface area contributed by atoms with Crippen molar-refractivity contribution in [3.05, 3.63) is 24.0 Å². The molecule has 2 N–H and O–H groups in total. The SMILES string of the molecule is CNC1CCN(c2nc3ccc(F)cc3[nH]2)C1. The van der Waals surface area contributed by atoms with Crippen LogP contribution >= 0.6 is 0 Å². The minimum absolute atomic E-state index is 0.234. The second-order valence-electron chi connectivity index (χ2n) is 4.44. The van der Waals surface area contributed by atoms with Crippen LogP contribution in [0.2, 0.25) is 0 Å². The second-order valence-corrected chi connectivity index (χ2v) is 4.44. The lowest BCUT2D eigenvalue weighted by Crippen LogP contribution is -2.29. The van der Waals surface area contributed by atoms with Crippen molar-refractivity contribution in [1.29, 1.82) is 0 Å². The van der Waals surface area contributed by atoms with Gasteiger partial charge in [0.2, 0.25) is 5.95 Å². The van der Waals surface area contributed by atoms with Crippen molar-refractivity contribution in [3.8, 4) is 0 Å². The summed E-state index contributed by atoms with van der Waals surface area (Å²) in [5.41, 5.74) is 1.57. The molecule has 3 rings (SSSR count). The topological polar surface area (TPSA) is 44.0 Å². The highest BCUT2D eigenvalue weighted by Crippen LogP contribution is 2.21. The smallest absolute Gasteiger partial charge is 0.203 e. The number of imidazole rings is 1. The van der Waals surface area contributed by atoms with Crippen molar-refractivity contribution in [2.24, 2.45) is 0 Å². The minimum atomic E-state index is -0.234. The zero-order valence-electron chi connectivity index (χ0n) is 9.70. The number of hydrogen-bond acceptors (Lipinski definition) is 3. The van der Waals surface area contributed by atoms with E-state index in [1.807, 2.05) is 7.05 Å². The Balaban J connectivity index is 1.91. The molecule has 1 aliphatic rings. The van der Waals surface area contributed by atoms with Crippen molar-refractivity contribution in [2.75, 3.05) is 25.0 Å². The van der Waals surface area contributed by atoms with Gasteiger partial charge in [-0.05, 0) is 31.7 Å². The number of H-pyrrole nitrogens is 1. The average Bonchev–Trinajstić information content (AvgIpc) is 2.93. The van der Waals surface area contributed by atoms with Crippen LogP contribution in [0, 0.1) is 5.82 Å². The van der Waals surface area contributed by atoms with Crippen molar-refractivity contribution in [1.82, 2.24) is 15.3 Å². The molecule has 0 radical (unpaired) electrons. The molecule has 4 nitrogen and oxygen atoms in total. The van der Waals surface area contributed by atoms with Crippen molar-refractivity contribution in [2.45, 2.75) is 12.5 Å². The molecule has 1 aliphatic heterocycles. The van der Waals surface area contributed by atoms with E-state index in [0.717, 1.165) is 36.5 Å². The Kier molecular flexibility index (Phi) is 2.48. The van der Waals surface area contributed by atoms with E-state index in [0.29, 0.717) is 6.04 Å². The molecule has 2 heterocycles. The summed E-state index contributed by atoms with van der Waals surface area (Å²) in [6.45, 7) is 1.92. The third kappa shape index (κ3) is 1.86. The lowest BCUT2D eigenvalue weighted by Gasteiger charge is -2.14. The lowest BCUT2D eigenvalue weighted by molar-refractivity contribution is 0.616. The maximum Gasteiger partial charge on any atom is 0.203 e. The van der Waals surface area contributed by atoms with Gasteiger partial charge in [-0.2, -0.15) is 0 Å². The first-order valence-corrected chi connectivity index (χ1v) is 5.84. The molecule has 1 atom stereocenters. The third-order valence-electron chi connectivity index (χ3n) is 3.33. The van der Waals surface area contributed by atoms with Crippen molar-refractivity contribution in [3.63, 3.8) is 0 Å². The first-order valence-electron chi connectivity index (χ1n) is 5.84. The van der Waals surface area contributed by atoms with E-state index in [1.165, 1.54) is 12.1 Å². The number of nitrogens with zero attached hydrogens (tertiary/aromatic N) is 2. The Labute approximate surface area is 98.8 Å². The molecule has 0 aliphatic carbocycles. The van der Waals surface area contributed by atoms with E-state index in [9.17, 15) is 4.39 Å². The minimum Gasteiger partial charge on any atom is -0.341 e. The van der Waals surface area contributed by atoms with Gasteiger partial charge in [0.25, 0.3) is 0 Å². The van der Waals surface area contributed by atoms with Gasteiger partial charge in [0.15, 0.2) is 0 Å². The summed E-state index contributed by atoms with van der Waals surface area (Å²) in [6, 6.07) is 5.14. The first-order chi connectivity index (χ1) is 8.26. The zero-order valence-corrected chi connectivity index (χ0v) is 9.70. The number of fused-ring (bicyclic) bond motifs is 1. The number of anilines is 1. The standard InChI is InChI=1S/C12H15FN4/c1-14-9-4-5-17(7-9)12-15-10-3-2-8(13)6-11(10)16-12/h2-3,6,9,14H,4-5,7H2,1H3,(H,15,16). The summed E-state index contributed by atoms with van der Waals surface area (Å²) >= 11 is 0. The summed E-state index contributed by atoms with van der Waals surface area (Å²) in [4.78, 5) is 9.84. The number of hydrogen-bond donors (Lipinski definition) is 2. The van der Waals surface area contributed by atoms with Crippen LogP contribution in [0.3, 0.4) is 0 Å².